The number of hydrogen-bond donors (Lipinski definition) is 0. The third-order valence-electron chi connectivity index (χ3n) is 2.44. The van der Waals surface area contributed by atoms with E-state index < -0.39 is 0 Å². The average Bonchev–Trinajstić information content (AvgIpc) is 2.17. The van der Waals surface area contributed by atoms with Crippen molar-refractivity contribution in [3.05, 3.63) is 29.3 Å². The number of aryl methyl sites for hydroxylation is 1. The number of methoxy groups -OCH3 is 1. The van der Waals surface area contributed by atoms with Gasteiger partial charge in [0.25, 0.3) is 0 Å². The van der Waals surface area contributed by atoms with Crippen LogP contribution in [0.25, 0.3) is 0 Å². The Bertz CT molecular complexity index is 369. The molecular weight excluding hydrogens is 172 g/mol. The van der Waals surface area contributed by atoms with Crippen molar-refractivity contribution in [3.8, 4) is 18.1 Å². The lowest BCUT2D eigenvalue weighted by molar-refractivity contribution is 0.402. The largest absolute Gasteiger partial charge is 0.496 e. The molecule has 0 aliphatic heterocycles. The van der Waals surface area contributed by atoms with Crippen LogP contribution >= 0.6 is 0 Å². The van der Waals surface area contributed by atoms with Crippen LogP contribution in [0.5, 0.6) is 5.75 Å². The van der Waals surface area contributed by atoms with Crippen LogP contribution in [0.1, 0.15) is 25.0 Å². The Morgan fingerprint density at radius 1 is 1.36 bits per heavy atom. The molecule has 0 aromatic heterocycles. The van der Waals surface area contributed by atoms with Crippen molar-refractivity contribution in [2.75, 3.05) is 7.11 Å². The Labute approximate surface area is 86.1 Å². The van der Waals surface area contributed by atoms with Gasteiger partial charge in [-0.05, 0) is 32.4 Å². The SMILES string of the molecule is C#CC(C)(C)c1c(C)cccc1OC. The van der Waals surface area contributed by atoms with Crippen LogP contribution in [0.2, 0.25) is 0 Å². The van der Waals surface area contributed by atoms with E-state index in [4.69, 9.17) is 11.2 Å². The topological polar surface area (TPSA) is 9.23 Å². The fraction of sp³-hybridized carbons (Fsp3) is 0.385. The number of terminal acetylenes is 1. The Hall–Kier alpha value is -1.42. The summed E-state index contributed by atoms with van der Waals surface area (Å²) in [5, 5.41) is 0. The molecule has 0 saturated heterocycles. The molecule has 1 aromatic rings. The van der Waals surface area contributed by atoms with Gasteiger partial charge in [-0.3, -0.25) is 0 Å². The summed E-state index contributed by atoms with van der Waals surface area (Å²) in [5.74, 6) is 3.66. The maximum atomic E-state index is 5.53. The fourth-order valence-corrected chi connectivity index (χ4v) is 1.68. The van der Waals surface area contributed by atoms with Gasteiger partial charge in [0.05, 0.1) is 12.5 Å². The molecule has 0 radical (unpaired) electrons. The Morgan fingerprint density at radius 2 is 2.00 bits per heavy atom. The molecule has 0 N–H and O–H groups in total. The standard InChI is InChI=1S/C13H16O/c1-6-13(3,4)12-10(2)8-7-9-11(12)14-5/h1,7-9H,2-5H3. The lowest BCUT2D eigenvalue weighted by Gasteiger charge is -2.23. The van der Waals surface area contributed by atoms with Crippen LogP contribution < -0.4 is 4.74 Å². The van der Waals surface area contributed by atoms with Gasteiger partial charge < -0.3 is 4.74 Å². The highest BCUT2D eigenvalue weighted by atomic mass is 16.5. The zero-order valence-corrected chi connectivity index (χ0v) is 9.22. The minimum atomic E-state index is -0.281. The summed E-state index contributed by atoms with van der Waals surface area (Å²) < 4.78 is 5.32. The van der Waals surface area contributed by atoms with Crippen LogP contribution in [-0.2, 0) is 5.41 Å². The van der Waals surface area contributed by atoms with Gasteiger partial charge in [0.2, 0.25) is 0 Å². The first kappa shape index (κ1) is 10.7. The fourth-order valence-electron chi connectivity index (χ4n) is 1.68. The molecule has 1 nitrogen and oxygen atoms in total. The molecule has 0 atom stereocenters. The maximum Gasteiger partial charge on any atom is 0.123 e. The molecule has 0 aliphatic carbocycles. The first-order chi connectivity index (χ1) is 6.53. The van der Waals surface area contributed by atoms with Gasteiger partial charge in [-0.2, -0.15) is 0 Å². The number of hydrogen-bond acceptors (Lipinski definition) is 1. The van der Waals surface area contributed by atoms with Gasteiger partial charge in [0.15, 0.2) is 0 Å². The van der Waals surface area contributed by atoms with E-state index in [1.54, 1.807) is 7.11 Å². The number of ether oxygens (including phenoxy) is 1. The molecule has 1 rings (SSSR count). The summed E-state index contributed by atoms with van der Waals surface area (Å²) in [6.45, 7) is 6.10. The highest BCUT2D eigenvalue weighted by Crippen LogP contribution is 2.33. The number of benzene rings is 1. The minimum Gasteiger partial charge on any atom is -0.496 e. The van der Waals surface area contributed by atoms with E-state index in [0.717, 1.165) is 11.3 Å². The minimum absolute atomic E-state index is 0.281. The smallest absolute Gasteiger partial charge is 0.123 e. The molecule has 14 heavy (non-hydrogen) atoms. The quantitative estimate of drug-likeness (QED) is 0.648. The second kappa shape index (κ2) is 3.75. The number of rotatable bonds is 2. The average molecular weight is 188 g/mol. The molecule has 0 amide bonds. The lowest BCUT2D eigenvalue weighted by Crippen LogP contribution is -2.16. The van der Waals surface area contributed by atoms with Crippen molar-refractivity contribution >= 4 is 0 Å². The van der Waals surface area contributed by atoms with E-state index >= 15 is 0 Å². The zero-order valence-electron chi connectivity index (χ0n) is 9.22. The Kier molecular flexibility index (Phi) is 2.86. The van der Waals surface area contributed by atoms with Gasteiger partial charge >= 0.3 is 0 Å². The molecule has 0 heterocycles. The Morgan fingerprint density at radius 3 is 2.50 bits per heavy atom. The van der Waals surface area contributed by atoms with Gasteiger partial charge in [0, 0.05) is 5.56 Å². The first-order valence-corrected chi connectivity index (χ1v) is 4.65. The second-order valence-corrected chi connectivity index (χ2v) is 3.92. The van der Waals surface area contributed by atoms with E-state index in [-0.39, 0.29) is 5.41 Å². The van der Waals surface area contributed by atoms with Gasteiger partial charge in [0.1, 0.15) is 5.75 Å². The Balaban J connectivity index is 3.40. The van der Waals surface area contributed by atoms with Crippen LogP contribution in [0.3, 0.4) is 0 Å². The summed E-state index contributed by atoms with van der Waals surface area (Å²) in [4.78, 5) is 0. The monoisotopic (exact) mass is 188 g/mol. The van der Waals surface area contributed by atoms with Crippen LogP contribution in [0, 0.1) is 19.3 Å². The van der Waals surface area contributed by atoms with Crippen molar-refractivity contribution in [2.24, 2.45) is 0 Å². The van der Waals surface area contributed by atoms with Crippen molar-refractivity contribution in [1.29, 1.82) is 0 Å². The maximum absolute atomic E-state index is 5.53. The predicted octanol–water partition coefficient (Wildman–Crippen LogP) is 2.91. The van der Waals surface area contributed by atoms with Crippen LogP contribution in [-0.4, -0.2) is 7.11 Å². The summed E-state index contributed by atoms with van der Waals surface area (Å²) >= 11 is 0. The van der Waals surface area contributed by atoms with Crippen LogP contribution in [0.4, 0.5) is 0 Å². The normalized spacial score (nSPS) is 10.8. The van der Waals surface area contributed by atoms with E-state index in [2.05, 4.69) is 18.9 Å². The van der Waals surface area contributed by atoms with Gasteiger partial charge in [-0.1, -0.05) is 18.1 Å². The van der Waals surface area contributed by atoms with Crippen molar-refractivity contribution in [1.82, 2.24) is 0 Å². The predicted molar refractivity (Wildman–Crippen MR) is 59.6 cm³/mol. The summed E-state index contributed by atoms with van der Waals surface area (Å²) in [6.07, 6.45) is 5.53. The van der Waals surface area contributed by atoms with E-state index in [9.17, 15) is 0 Å². The molecule has 1 aromatic carbocycles. The lowest BCUT2D eigenvalue weighted by atomic mass is 9.82. The third kappa shape index (κ3) is 1.75. The highest BCUT2D eigenvalue weighted by Gasteiger charge is 2.23. The van der Waals surface area contributed by atoms with Crippen molar-refractivity contribution in [3.63, 3.8) is 0 Å². The third-order valence-corrected chi connectivity index (χ3v) is 2.44. The molecular formula is C13H16O. The van der Waals surface area contributed by atoms with Gasteiger partial charge in [-0.25, -0.2) is 0 Å². The molecule has 0 aliphatic rings. The van der Waals surface area contributed by atoms with Crippen molar-refractivity contribution < 1.29 is 4.74 Å². The molecule has 0 spiro atoms. The second-order valence-electron chi connectivity index (χ2n) is 3.92. The van der Waals surface area contributed by atoms with Gasteiger partial charge in [-0.15, -0.1) is 6.42 Å². The molecule has 74 valence electrons. The molecule has 0 bridgehead atoms. The summed E-state index contributed by atoms with van der Waals surface area (Å²) in [6, 6.07) is 5.97. The highest BCUT2D eigenvalue weighted by molar-refractivity contribution is 5.48. The molecule has 0 unspecified atom stereocenters. The summed E-state index contributed by atoms with van der Waals surface area (Å²) in [7, 11) is 1.67. The summed E-state index contributed by atoms with van der Waals surface area (Å²) in [5.41, 5.74) is 1.99. The van der Waals surface area contributed by atoms with E-state index in [0.29, 0.717) is 0 Å². The molecule has 0 fully saturated rings. The first-order valence-electron chi connectivity index (χ1n) is 4.65. The van der Waals surface area contributed by atoms with Crippen LogP contribution in [0.15, 0.2) is 18.2 Å². The molecule has 0 saturated carbocycles. The van der Waals surface area contributed by atoms with E-state index in [1.807, 2.05) is 26.0 Å². The van der Waals surface area contributed by atoms with Crippen molar-refractivity contribution in [2.45, 2.75) is 26.2 Å². The van der Waals surface area contributed by atoms with E-state index in [1.165, 1.54) is 5.56 Å². The molecule has 1 heteroatoms. The zero-order chi connectivity index (χ0) is 10.8.